The van der Waals surface area contributed by atoms with E-state index in [0.29, 0.717) is 5.92 Å². The molecule has 0 unspecified atom stereocenters. The van der Waals surface area contributed by atoms with E-state index in [1.165, 1.54) is 11.1 Å². The lowest BCUT2D eigenvalue weighted by molar-refractivity contribution is 0.647. The van der Waals surface area contributed by atoms with Gasteiger partial charge < -0.3 is 4.98 Å². The van der Waals surface area contributed by atoms with Crippen molar-refractivity contribution in [3.05, 3.63) is 66.4 Å². The zero-order valence-electron chi connectivity index (χ0n) is 12.5. The second-order valence-electron chi connectivity index (χ2n) is 5.81. The maximum atomic E-state index is 4.50. The fourth-order valence-electron chi connectivity index (χ4n) is 2.55. The van der Waals surface area contributed by atoms with Gasteiger partial charge in [-0.15, -0.1) is 0 Å². The first-order valence-electron chi connectivity index (χ1n) is 7.42. The molecule has 2 aromatic carbocycles. The first-order valence-corrected chi connectivity index (χ1v) is 7.42. The molecule has 1 N–H and O–H groups in total. The van der Waals surface area contributed by atoms with Crippen molar-refractivity contribution in [2.24, 2.45) is 5.92 Å². The van der Waals surface area contributed by atoms with Crippen LogP contribution in [0, 0.1) is 5.92 Å². The smallest absolute Gasteiger partial charge is 0.137 e. The zero-order chi connectivity index (χ0) is 14.7. The molecule has 3 rings (SSSR count). The van der Waals surface area contributed by atoms with E-state index in [1.807, 2.05) is 24.4 Å². The Bertz CT molecular complexity index is 711. The Morgan fingerprint density at radius 1 is 0.952 bits per heavy atom. The number of rotatable bonds is 4. The van der Waals surface area contributed by atoms with Gasteiger partial charge >= 0.3 is 0 Å². The molecule has 0 aliphatic heterocycles. The van der Waals surface area contributed by atoms with Crippen LogP contribution in [0.25, 0.3) is 22.6 Å². The van der Waals surface area contributed by atoms with Gasteiger partial charge in [0.15, 0.2) is 0 Å². The summed E-state index contributed by atoms with van der Waals surface area (Å²) < 4.78 is 0. The summed E-state index contributed by atoms with van der Waals surface area (Å²) in [4.78, 5) is 7.91. The van der Waals surface area contributed by atoms with Crippen molar-refractivity contribution < 1.29 is 0 Å². The van der Waals surface area contributed by atoms with Crippen molar-refractivity contribution in [2.45, 2.75) is 20.3 Å². The summed E-state index contributed by atoms with van der Waals surface area (Å²) in [5, 5.41) is 0. The van der Waals surface area contributed by atoms with Crippen LogP contribution in [0.2, 0.25) is 0 Å². The number of nitrogens with one attached hydrogen (secondary N) is 1. The topological polar surface area (TPSA) is 28.7 Å². The van der Waals surface area contributed by atoms with Gasteiger partial charge in [0.2, 0.25) is 0 Å². The van der Waals surface area contributed by atoms with E-state index in [9.17, 15) is 0 Å². The lowest BCUT2D eigenvalue weighted by atomic mass is 10.0. The molecule has 1 aromatic heterocycles. The Hall–Kier alpha value is -2.35. The van der Waals surface area contributed by atoms with Crippen LogP contribution < -0.4 is 0 Å². The van der Waals surface area contributed by atoms with E-state index in [4.69, 9.17) is 0 Å². The summed E-state index contributed by atoms with van der Waals surface area (Å²) in [6, 6.07) is 18.9. The molecule has 2 nitrogen and oxygen atoms in total. The minimum absolute atomic E-state index is 0.668. The van der Waals surface area contributed by atoms with Crippen molar-refractivity contribution >= 4 is 0 Å². The highest BCUT2D eigenvalue weighted by Gasteiger charge is 2.06. The van der Waals surface area contributed by atoms with Crippen molar-refractivity contribution in [1.29, 1.82) is 0 Å². The summed E-state index contributed by atoms with van der Waals surface area (Å²) in [6.07, 6.45) is 3.02. The number of H-pyrrole nitrogens is 1. The Labute approximate surface area is 125 Å². The van der Waals surface area contributed by atoms with Gasteiger partial charge in [-0.25, -0.2) is 4.98 Å². The van der Waals surface area contributed by atoms with Gasteiger partial charge in [-0.2, -0.15) is 0 Å². The predicted octanol–water partition coefficient (Wildman–Crippen LogP) is 4.94. The van der Waals surface area contributed by atoms with Crippen molar-refractivity contribution in [3.63, 3.8) is 0 Å². The SMILES string of the molecule is CC(C)Cc1cccc(-c2cnc(-c3ccccc3)[nH]2)c1. The van der Waals surface area contributed by atoms with Gasteiger partial charge in [0, 0.05) is 5.56 Å². The Morgan fingerprint density at radius 3 is 2.48 bits per heavy atom. The molecule has 0 spiro atoms. The number of aromatic nitrogens is 2. The Morgan fingerprint density at radius 2 is 1.71 bits per heavy atom. The predicted molar refractivity (Wildman–Crippen MR) is 88.0 cm³/mol. The fourth-order valence-corrected chi connectivity index (χ4v) is 2.55. The Balaban J connectivity index is 1.90. The number of nitrogens with zero attached hydrogens (tertiary/aromatic N) is 1. The van der Waals surface area contributed by atoms with Crippen LogP contribution in [0.5, 0.6) is 0 Å². The summed E-state index contributed by atoms with van der Waals surface area (Å²) in [7, 11) is 0. The van der Waals surface area contributed by atoms with Crippen LogP contribution >= 0.6 is 0 Å². The number of hydrogen-bond donors (Lipinski definition) is 1. The molecule has 0 fully saturated rings. The van der Waals surface area contributed by atoms with Gasteiger partial charge in [0.1, 0.15) is 5.82 Å². The summed E-state index contributed by atoms with van der Waals surface area (Å²) >= 11 is 0. The molecule has 0 aliphatic rings. The third-order valence-corrected chi connectivity index (χ3v) is 3.50. The molecule has 0 atom stereocenters. The molecule has 21 heavy (non-hydrogen) atoms. The first-order chi connectivity index (χ1) is 10.2. The standard InChI is InChI=1S/C19H20N2/c1-14(2)11-15-7-6-10-17(12-15)18-13-20-19(21-18)16-8-4-3-5-9-16/h3-10,12-14H,11H2,1-2H3,(H,20,21). The highest BCUT2D eigenvalue weighted by atomic mass is 14.9. The average Bonchev–Trinajstić information content (AvgIpc) is 2.98. The maximum absolute atomic E-state index is 4.50. The number of benzene rings is 2. The van der Waals surface area contributed by atoms with Crippen LogP contribution in [0.4, 0.5) is 0 Å². The summed E-state index contributed by atoms with van der Waals surface area (Å²) in [5.41, 5.74) is 4.75. The number of hydrogen-bond acceptors (Lipinski definition) is 1. The van der Waals surface area contributed by atoms with E-state index in [0.717, 1.165) is 23.5 Å². The number of imidazole rings is 1. The Kier molecular flexibility index (Phi) is 3.87. The van der Waals surface area contributed by atoms with Crippen molar-refractivity contribution in [1.82, 2.24) is 9.97 Å². The van der Waals surface area contributed by atoms with Gasteiger partial charge in [0.05, 0.1) is 11.9 Å². The minimum Gasteiger partial charge on any atom is -0.338 e. The molecule has 106 valence electrons. The second kappa shape index (κ2) is 5.96. The van der Waals surface area contributed by atoms with Gasteiger partial charge in [0.25, 0.3) is 0 Å². The molecular formula is C19H20N2. The molecule has 1 heterocycles. The van der Waals surface area contributed by atoms with E-state index >= 15 is 0 Å². The summed E-state index contributed by atoms with van der Waals surface area (Å²) in [6.45, 7) is 4.49. The maximum Gasteiger partial charge on any atom is 0.137 e. The molecule has 3 aromatic rings. The van der Waals surface area contributed by atoms with Crippen molar-refractivity contribution in [3.8, 4) is 22.6 Å². The molecule has 0 saturated heterocycles. The quantitative estimate of drug-likeness (QED) is 0.718. The highest BCUT2D eigenvalue weighted by Crippen LogP contribution is 2.23. The zero-order valence-corrected chi connectivity index (χ0v) is 12.5. The van der Waals surface area contributed by atoms with E-state index < -0.39 is 0 Å². The lowest BCUT2D eigenvalue weighted by Crippen LogP contribution is -1.94. The molecule has 0 aliphatic carbocycles. The third kappa shape index (κ3) is 3.22. The highest BCUT2D eigenvalue weighted by molar-refractivity contribution is 5.64. The second-order valence-corrected chi connectivity index (χ2v) is 5.81. The van der Waals surface area contributed by atoms with Crippen LogP contribution in [0.15, 0.2) is 60.8 Å². The minimum atomic E-state index is 0.668. The normalized spacial score (nSPS) is 11.0. The lowest BCUT2D eigenvalue weighted by Gasteiger charge is -2.06. The van der Waals surface area contributed by atoms with E-state index in [1.54, 1.807) is 0 Å². The van der Waals surface area contributed by atoms with E-state index in [-0.39, 0.29) is 0 Å². The molecule has 0 amide bonds. The molecule has 0 radical (unpaired) electrons. The van der Waals surface area contributed by atoms with Crippen LogP contribution in [-0.4, -0.2) is 9.97 Å². The molecule has 2 heteroatoms. The van der Waals surface area contributed by atoms with Crippen LogP contribution in [-0.2, 0) is 6.42 Å². The van der Waals surface area contributed by atoms with Gasteiger partial charge in [-0.05, 0) is 29.5 Å². The van der Waals surface area contributed by atoms with Crippen molar-refractivity contribution in [2.75, 3.05) is 0 Å². The van der Waals surface area contributed by atoms with Gasteiger partial charge in [-0.1, -0.05) is 62.4 Å². The molecule has 0 saturated carbocycles. The first kappa shape index (κ1) is 13.6. The largest absolute Gasteiger partial charge is 0.338 e. The average molecular weight is 276 g/mol. The third-order valence-electron chi connectivity index (χ3n) is 3.50. The monoisotopic (exact) mass is 276 g/mol. The van der Waals surface area contributed by atoms with Crippen LogP contribution in [0.3, 0.4) is 0 Å². The fraction of sp³-hybridized carbons (Fsp3) is 0.211. The number of aromatic amines is 1. The van der Waals surface area contributed by atoms with Crippen LogP contribution in [0.1, 0.15) is 19.4 Å². The van der Waals surface area contributed by atoms with E-state index in [2.05, 4.69) is 60.2 Å². The summed E-state index contributed by atoms with van der Waals surface area (Å²) in [5.74, 6) is 1.58. The molecule has 0 bridgehead atoms. The molecular weight excluding hydrogens is 256 g/mol. The van der Waals surface area contributed by atoms with Gasteiger partial charge in [-0.3, -0.25) is 0 Å².